The Bertz CT molecular complexity index is 265. The lowest BCUT2D eigenvalue weighted by Crippen LogP contribution is -2.63. The van der Waals surface area contributed by atoms with Gasteiger partial charge in [0.05, 0.1) is 6.10 Å². The molecular formula is C16H32N2O. The number of ether oxygens (including phenoxy) is 1. The minimum absolute atomic E-state index is 0.349. The number of nitrogens with one attached hydrogen (secondary N) is 1. The first-order chi connectivity index (χ1) is 9.18. The Morgan fingerprint density at radius 1 is 1.37 bits per heavy atom. The molecule has 0 aliphatic carbocycles. The SMILES string of the molecule is CCC1CN(CCCC2CCCO2)C(C)(CC)CN1. The molecule has 19 heavy (non-hydrogen) atoms. The Labute approximate surface area is 119 Å². The quantitative estimate of drug-likeness (QED) is 0.801. The lowest BCUT2D eigenvalue weighted by molar-refractivity contribution is 0.0396. The summed E-state index contributed by atoms with van der Waals surface area (Å²) in [5.74, 6) is 0. The summed E-state index contributed by atoms with van der Waals surface area (Å²) in [6.07, 6.45) is 8.11. The van der Waals surface area contributed by atoms with E-state index in [1.54, 1.807) is 0 Å². The van der Waals surface area contributed by atoms with Gasteiger partial charge in [-0.2, -0.15) is 0 Å². The van der Waals surface area contributed by atoms with Gasteiger partial charge in [0.15, 0.2) is 0 Å². The molecule has 0 radical (unpaired) electrons. The standard InChI is InChI=1S/C16H32N2O/c1-4-14-12-18(16(3,5-2)13-17-14)10-6-8-15-9-7-11-19-15/h14-15,17H,4-13H2,1-3H3. The lowest BCUT2D eigenvalue weighted by Gasteiger charge is -2.48. The van der Waals surface area contributed by atoms with Gasteiger partial charge in [0, 0.05) is 31.3 Å². The second-order valence-corrected chi connectivity index (χ2v) is 6.56. The van der Waals surface area contributed by atoms with Gasteiger partial charge >= 0.3 is 0 Å². The first kappa shape index (κ1) is 15.3. The van der Waals surface area contributed by atoms with Crippen molar-refractivity contribution in [2.24, 2.45) is 0 Å². The summed E-state index contributed by atoms with van der Waals surface area (Å²) in [4.78, 5) is 2.73. The highest BCUT2D eigenvalue weighted by Crippen LogP contribution is 2.25. The van der Waals surface area contributed by atoms with Gasteiger partial charge in [0.25, 0.3) is 0 Å². The molecule has 3 nitrogen and oxygen atoms in total. The van der Waals surface area contributed by atoms with Crippen molar-refractivity contribution in [3.8, 4) is 0 Å². The van der Waals surface area contributed by atoms with E-state index in [0.717, 1.165) is 13.2 Å². The van der Waals surface area contributed by atoms with Crippen molar-refractivity contribution in [3.05, 3.63) is 0 Å². The molecule has 1 N–H and O–H groups in total. The molecule has 2 rings (SSSR count). The third kappa shape index (κ3) is 3.93. The summed E-state index contributed by atoms with van der Waals surface area (Å²) in [6, 6.07) is 0.683. The van der Waals surface area contributed by atoms with Crippen LogP contribution in [0.4, 0.5) is 0 Å². The van der Waals surface area contributed by atoms with E-state index in [2.05, 4.69) is 31.0 Å². The fourth-order valence-electron chi connectivity index (χ4n) is 3.39. The van der Waals surface area contributed by atoms with Crippen LogP contribution in [-0.4, -0.2) is 48.8 Å². The third-order valence-corrected chi connectivity index (χ3v) is 5.21. The van der Waals surface area contributed by atoms with Crippen LogP contribution in [0.1, 0.15) is 59.3 Å². The zero-order chi connectivity index (χ0) is 13.7. The molecule has 0 aromatic rings. The molecule has 0 saturated carbocycles. The van der Waals surface area contributed by atoms with Crippen LogP contribution in [0.3, 0.4) is 0 Å². The molecule has 2 aliphatic heterocycles. The van der Waals surface area contributed by atoms with E-state index in [9.17, 15) is 0 Å². The topological polar surface area (TPSA) is 24.5 Å². The number of rotatable bonds is 6. The van der Waals surface area contributed by atoms with E-state index < -0.39 is 0 Å². The van der Waals surface area contributed by atoms with Crippen LogP contribution in [0.25, 0.3) is 0 Å². The first-order valence-corrected chi connectivity index (χ1v) is 8.28. The largest absolute Gasteiger partial charge is 0.378 e. The van der Waals surface area contributed by atoms with Crippen molar-refractivity contribution >= 4 is 0 Å². The molecule has 0 amide bonds. The highest BCUT2D eigenvalue weighted by atomic mass is 16.5. The van der Waals surface area contributed by atoms with Crippen LogP contribution >= 0.6 is 0 Å². The molecule has 3 heteroatoms. The van der Waals surface area contributed by atoms with Gasteiger partial charge in [-0.25, -0.2) is 0 Å². The molecule has 2 fully saturated rings. The highest BCUT2D eigenvalue weighted by Gasteiger charge is 2.35. The predicted molar refractivity (Wildman–Crippen MR) is 80.6 cm³/mol. The van der Waals surface area contributed by atoms with E-state index in [1.165, 1.54) is 51.6 Å². The highest BCUT2D eigenvalue weighted by molar-refractivity contribution is 4.94. The minimum atomic E-state index is 0.349. The Hall–Kier alpha value is -0.120. The third-order valence-electron chi connectivity index (χ3n) is 5.21. The van der Waals surface area contributed by atoms with E-state index in [-0.39, 0.29) is 0 Å². The smallest absolute Gasteiger partial charge is 0.0576 e. The van der Waals surface area contributed by atoms with E-state index in [0.29, 0.717) is 17.7 Å². The second-order valence-electron chi connectivity index (χ2n) is 6.56. The van der Waals surface area contributed by atoms with Crippen LogP contribution in [0.5, 0.6) is 0 Å². The van der Waals surface area contributed by atoms with Gasteiger partial charge in [-0.3, -0.25) is 4.90 Å². The molecule has 2 heterocycles. The number of hydrogen-bond donors (Lipinski definition) is 1. The Balaban J connectivity index is 1.79. The van der Waals surface area contributed by atoms with Crippen molar-refractivity contribution in [2.45, 2.75) is 77.0 Å². The molecule has 0 aromatic carbocycles. The summed E-state index contributed by atoms with van der Waals surface area (Å²) in [7, 11) is 0. The lowest BCUT2D eigenvalue weighted by atomic mass is 9.91. The van der Waals surface area contributed by atoms with Gasteiger partial charge < -0.3 is 10.1 Å². The van der Waals surface area contributed by atoms with E-state index in [4.69, 9.17) is 4.74 Å². The summed E-state index contributed by atoms with van der Waals surface area (Å²) >= 11 is 0. The van der Waals surface area contributed by atoms with Crippen LogP contribution in [0, 0.1) is 0 Å². The number of piperazine rings is 1. The van der Waals surface area contributed by atoms with Crippen molar-refractivity contribution in [3.63, 3.8) is 0 Å². The average molecular weight is 268 g/mol. The van der Waals surface area contributed by atoms with Gasteiger partial charge in [-0.05, 0) is 52.0 Å². The molecule has 0 spiro atoms. The van der Waals surface area contributed by atoms with Crippen molar-refractivity contribution in [1.82, 2.24) is 10.2 Å². The predicted octanol–water partition coefficient (Wildman–Crippen LogP) is 2.80. The van der Waals surface area contributed by atoms with Crippen molar-refractivity contribution in [1.29, 1.82) is 0 Å². The molecule has 3 unspecified atom stereocenters. The number of nitrogens with zero attached hydrogens (tertiary/aromatic N) is 1. The monoisotopic (exact) mass is 268 g/mol. The molecule has 0 aromatic heterocycles. The van der Waals surface area contributed by atoms with E-state index in [1.807, 2.05) is 0 Å². The van der Waals surface area contributed by atoms with Crippen molar-refractivity contribution < 1.29 is 4.74 Å². The Morgan fingerprint density at radius 2 is 2.21 bits per heavy atom. The fourth-order valence-corrected chi connectivity index (χ4v) is 3.39. The summed E-state index contributed by atoms with van der Waals surface area (Å²) in [6.45, 7) is 11.6. The minimum Gasteiger partial charge on any atom is -0.378 e. The first-order valence-electron chi connectivity index (χ1n) is 8.28. The van der Waals surface area contributed by atoms with Gasteiger partial charge in [0.1, 0.15) is 0 Å². The van der Waals surface area contributed by atoms with Crippen LogP contribution < -0.4 is 5.32 Å². The maximum atomic E-state index is 5.73. The fraction of sp³-hybridized carbons (Fsp3) is 1.00. The molecule has 3 atom stereocenters. The van der Waals surface area contributed by atoms with Crippen molar-refractivity contribution in [2.75, 3.05) is 26.2 Å². The van der Waals surface area contributed by atoms with E-state index >= 15 is 0 Å². The van der Waals surface area contributed by atoms with Gasteiger partial charge in [-0.1, -0.05) is 13.8 Å². The zero-order valence-electron chi connectivity index (χ0n) is 13.1. The molecule has 2 aliphatic rings. The zero-order valence-corrected chi connectivity index (χ0v) is 13.1. The second kappa shape index (κ2) is 7.05. The molecule has 0 bridgehead atoms. The Kier molecular flexibility index (Phi) is 5.67. The number of hydrogen-bond acceptors (Lipinski definition) is 3. The molecule has 2 saturated heterocycles. The maximum Gasteiger partial charge on any atom is 0.0576 e. The molecular weight excluding hydrogens is 236 g/mol. The Morgan fingerprint density at radius 3 is 2.84 bits per heavy atom. The normalized spacial score (nSPS) is 36.8. The average Bonchev–Trinajstić information content (AvgIpc) is 2.94. The maximum absolute atomic E-state index is 5.73. The summed E-state index contributed by atoms with van der Waals surface area (Å²) in [5, 5.41) is 3.71. The van der Waals surface area contributed by atoms with Crippen LogP contribution in [-0.2, 0) is 4.74 Å². The summed E-state index contributed by atoms with van der Waals surface area (Å²) in [5.41, 5.74) is 0.349. The van der Waals surface area contributed by atoms with Crippen LogP contribution in [0.2, 0.25) is 0 Å². The van der Waals surface area contributed by atoms with Gasteiger partial charge in [-0.15, -0.1) is 0 Å². The van der Waals surface area contributed by atoms with Crippen LogP contribution in [0.15, 0.2) is 0 Å². The molecule has 112 valence electrons. The van der Waals surface area contributed by atoms with Gasteiger partial charge in [0.2, 0.25) is 0 Å². The summed E-state index contributed by atoms with van der Waals surface area (Å²) < 4.78 is 5.73.